The second-order valence-corrected chi connectivity index (χ2v) is 5.71. The molecule has 0 unspecified atom stereocenters. The van der Waals surface area contributed by atoms with E-state index in [-0.39, 0.29) is 12.3 Å². The lowest BCUT2D eigenvalue weighted by Gasteiger charge is -2.27. The Balaban J connectivity index is 1.89. The fourth-order valence-electron chi connectivity index (χ4n) is 2.88. The highest BCUT2D eigenvalue weighted by atomic mass is 16.4. The summed E-state index contributed by atoms with van der Waals surface area (Å²) < 4.78 is 0. The van der Waals surface area contributed by atoms with Crippen molar-refractivity contribution < 1.29 is 19.5 Å². The Labute approximate surface area is 133 Å². The molecular weight excluding hydrogens is 300 g/mol. The second-order valence-electron chi connectivity index (χ2n) is 5.71. The molecule has 124 valence electrons. The van der Waals surface area contributed by atoms with Gasteiger partial charge in [0.1, 0.15) is 0 Å². The summed E-state index contributed by atoms with van der Waals surface area (Å²) in [5.41, 5.74) is 3.09. The molecule has 1 heterocycles. The van der Waals surface area contributed by atoms with E-state index in [9.17, 15) is 14.4 Å². The van der Waals surface area contributed by atoms with Crippen molar-refractivity contribution in [3.63, 3.8) is 0 Å². The quantitative estimate of drug-likeness (QED) is 0.280. The van der Waals surface area contributed by atoms with Crippen LogP contribution in [0.3, 0.4) is 0 Å². The third-order valence-electron chi connectivity index (χ3n) is 4.11. The van der Waals surface area contributed by atoms with Gasteiger partial charge in [-0.3, -0.25) is 24.8 Å². The van der Waals surface area contributed by atoms with Crippen molar-refractivity contribution in [2.45, 2.75) is 38.0 Å². The van der Waals surface area contributed by atoms with E-state index in [2.05, 4.69) is 10.3 Å². The lowest BCUT2D eigenvalue weighted by molar-refractivity contribution is -0.138. The summed E-state index contributed by atoms with van der Waals surface area (Å²) in [6.45, 7) is 0. The molecule has 1 aliphatic carbocycles. The number of carbonyl (C=O) groups excluding carboxylic acids is 2. The highest BCUT2D eigenvalue weighted by Crippen LogP contribution is 2.36. The Kier molecular flexibility index (Phi) is 5.64. The van der Waals surface area contributed by atoms with Crippen LogP contribution in [0.2, 0.25) is 0 Å². The molecule has 0 aromatic carbocycles. The fraction of sp³-hybridized carbons (Fsp3) is 0.467. The number of nitrogens with one attached hydrogen (secondary N) is 2. The van der Waals surface area contributed by atoms with E-state index in [1.165, 1.54) is 6.20 Å². The zero-order valence-electron chi connectivity index (χ0n) is 12.6. The van der Waals surface area contributed by atoms with Gasteiger partial charge in [0.2, 0.25) is 0 Å². The molecule has 1 saturated carbocycles. The Morgan fingerprint density at radius 1 is 1.17 bits per heavy atom. The predicted octanol–water partition coefficient (Wildman–Crippen LogP) is 0.758. The average molecular weight is 320 g/mol. The molecule has 0 saturated heterocycles. The number of nitrogens with two attached hydrogens (primary N) is 1. The van der Waals surface area contributed by atoms with E-state index in [4.69, 9.17) is 10.9 Å². The smallest absolute Gasteiger partial charge is 0.323 e. The van der Waals surface area contributed by atoms with Crippen molar-refractivity contribution in [3.8, 4) is 0 Å². The number of rotatable bonds is 4. The summed E-state index contributed by atoms with van der Waals surface area (Å²) in [6, 6.07) is 3.51. The molecule has 0 radical (unpaired) electrons. The molecular formula is C15H20N4O4. The Hall–Kier alpha value is -2.48. The van der Waals surface area contributed by atoms with Crippen molar-refractivity contribution in [1.82, 2.24) is 10.4 Å². The second kappa shape index (κ2) is 7.68. The van der Waals surface area contributed by atoms with Crippen LogP contribution >= 0.6 is 0 Å². The zero-order chi connectivity index (χ0) is 16.8. The highest BCUT2D eigenvalue weighted by Gasteiger charge is 2.24. The van der Waals surface area contributed by atoms with Gasteiger partial charge in [-0.25, -0.2) is 5.84 Å². The summed E-state index contributed by atoms with van der Waals surface area (Å²) in [5.74, 6) is 2.91. The molecule has 2 rings (SSSR count). The van der Waals surface area contributed by atoms with Gasteiger partial charge in [-0.05, 0) is 43.7 Å². The molecule has 8 heteroatoms. The van der Waals surface area contributed by atoms with Crippen molar-refractivity contribution in [2.24, 2.45) is 11.8 Å². The van der Waals surface area contributed by atoms with E-state index in [1.54, 1.807) is 11.5 Å². The van der Waals surface area contributed by atoms with Gasteiger partial charge in [-0.15, -0.1) is 0 Å². The Morgan fingerprint density at radius 3 is 2.39 bits per heavy atom. The average Bonchev–Trinajstić information content (AvgIpc) is 2.55. The molecule has 0 atom stereocenters. The molecule has 1 fully saturated rings. The van der Waals surface area contributed by atoms with Crippen molar-refractivity contribution >= 4 is 23.5 Å². The summed E-state index contributed by atoms with van der Waals surface area (Å²) in [7, 11) is 0. The first-order valence-corrected chi connectivity index (χ1v) is 7.49. The zero-order valence-corrected chi connectivity index (χ0v) is 12.6. The summed E-state index contributed by atoms with van der Waals surface area (Å²) in [4.78, 5) is 37.5. The van der Waals surface area contributed by atoms with Crippen LogP contribution in [0.4, 0.5) is 5.69 Å². The minimum atomic E-state index is -0.925. The number of aromatic nitrogens is 1. The van der Waals surface area contributed by atoms with Gasteiger partial charge in [0.05, 0.1) is 11.9 Å². The first kappa shape index (κ1) is 16.9. The predicted molar refractivity (Wildman–Crippen MR) is 82.1 cm³/mol. The SMILES string of the molecule is NNC(=O)C(=O)Nc1ccc([C@H]2CC[C@H](CC(=O)O)CC2)nc1. The van der Waals surface area contributed by atoms with Gasteiger partial charge < -0.3 is 10.4 Å². The first-order valence-electron chi connectivity index (χ1n) is 7.49. The van der Waals surface area contributed by atoms with Crippen LogP contribution in [0.1, 0.15) is 43.7 Å². The van der Waals surface area contributed by atoms with E-state index in [1.807, 2.05) is 6.07 Å². The first-order chi connectivity index (χ1) is 11.0. The van der Waals surface area contributed by atoms with E-state index < -0.39 is 17.8 Å². The van der Waals surface area contributed by atoms with Gasteiger partial charge in [0.25, 0.3) is 0 Å². The van der Waals surface area contributed by atoms with Gasteiger partial charge in [-0.1, -0.05) is 0 Å². The van der Waals surface area contributed by atoms with Crippen LogP contribution in [-0.4, -0.2) is 27.9 Å². The maximum atomic E-state index is 11.4. The van der Waals surface area contributed by atoms with Crippen LogP contribution in [0, 0.1) is 5.92 Å². The normalized spacial score (nSPS) is 20.6. The number of aliphatic carboxylic acids is 1. The van der Waals surface area contributed by atoms with Gasteiger partial charge in [0, 0.05) is 18.0 Å². The third-order valence-corrected chi connectivity index (χ3v) is 4.11. The van der Waals surface area contributed by atoms with Crippen LogP contribution in [0.25, 0.3) is 0 Å². The van der Waals surface area contributed by atoms with Crippen LogP contribution in [0.5, 0.6) is 0 Å². The largest absolute Gasteiger partial charge is 0.481 e. The number of hydrogen-bond donors (Lipinski definition) is 4. The number of pyridine rings is 1. The van der Waals surface area contributed by atoms with Gasteiger partial charge in [-0.2, -0.15) is 0 Å². The van der Waals surface area contributed by atoms with E-state index in [0.717, 1.165) is 31.4 Å². The Bertz CT molecular complexity index is 580. The van der Waals surface area contributed by atoms with Gasteiger partial charge >= 0.3 is 17.8 Å². The number of hydrogen-bond acceptors (Lipinski definition) is 5. The maximum Gasteiger partial charge on any atom is 0.323 e. The monoisotopic (exact) mass is 320 g/mol. The van der Waals surface area contributed by atoms with Crippen LogP contribution in [-0.2, 0) is 14.4 Å². The fourth-order valence-corrected chi connectivity index (χ4v) is 2.88. The summed E-state index contributed by atoms with van der Waals surface area (Å²) in [6.07, 6.45) is 5.31. The lowest BCUT2D eigenvalue weighted by Crippen LogP contribution is -2.39. The number of hydrazine groups is 1. The molecule has 5 N–H and O–H groups in total. The number of carbonyl (C=O) groups is 3. The van der Waals surface area contributed by atoms with E-state index >= 15 is 0 Å². The van der Waals surface area contributed by atoms with Crippen molar-refractivity contribution in [1.29, 1.82) is 0 Å². The van der Waals surface area contributed by atoms with E-state index in [0.29, 0.717) is 11.6 Å². The molecule has 1 aromatic rings. The molecule has 0 bridgehead atoms. The van der Waals surface area contributed by atoms with Crippen LogP contribution in [0.15, 0.2) is 18.3 Å². The maximum absolute atomic E-state index is 11.4. The van der Waals surface area contributed by atoms with Crippen LogP contribution < -0.4 is 16.6 Å². The molecule has 2 amide bonds. The minimum absolute atomic E-state index is 0.230. The number of carboxylic acids is 1. The number of amides is 2. The number of nitrogens with zero attached hydrogens (tertiary/aromatic N) is 1. The lowest BCUT2D eigenvalue weighted by atomic mass is 9.79. The molecule has 0 spiro atoms. The number of anilines is 1. The minimum Gasteiger partial charge on any atom is -0.481 e. The molecule has 0 aliphatic heterocycles. The van der Waals surface area contributed by atoms with Crippen molar-refractivity contribution in [3.05, 3.63) is 24.0 Å². The Morgan fingerprint density at radius 2 is 1.87 bits per heavy atom. The molecule has 1 aliphatic rings. The van der Waals surface area contributed by atoms with Gasteiger partial charge in [0.15, 0.2) is 0 Å². The van der Waals surface area contributed by atoms with Crippen molar-refractivity contribution in [2.75, 3.05) is 5.32 Å². The third kappa shape index (κ3) is 4.75. The highest BCUT2D eigenvalue weighted by molar-refractivity contribution is 6.39. The molecule has 1 aromatic heterocycles. The standard InChI is InChI=1S/C15H20N4O4/c16-19-15(23)14(22)18-11-5-6-12(17-8-11)10-3-1-9(2-4-10)7-13(20)21/h5-6,8-10H,1-4,7,16H2,(H,18,22)(H,19,23)(H,20,21)/t9-,10-. The summed E-state index contributed by atoms with van der Waals surface area (Å²) >= 11 is 0. The summed E-state index contributed by atoms with van der Waals surface area (Å²) in [5, 5.41) is 11.2. The molecule has 8 nitrogen and oxygen atoms in total. The molecule has 23 heavy (non-hydrogen) atoms. The number of carboxylic acid groups (broad SMARTS) is 1. The topological polar surface area (TPSA) is 134 Å².